The molecule has 1 aromatic rings. The lowest BCUT2D eigenvalue weighted by atomic mass is 9.39. The van der Waals surface area contributed by atoms with Gasteiger partial charge in [0.1, 0.15) is 0 Å². The van der Waals surface area contributed by atoms with Crippen molar-refractivity contribution in [3.05, 3.63) is 21.9 Å². The van der Waals surface area contributed by atoms with Crippen LogP contribution in [0.1, 0.15) is 42.5 Å². The summed E-state index contributed by atoms with van der Waals surface area (Å²) in [7, 11) is 0. The van der Waals surface area contributed by atoms with Gasteiger partial charge in [-0.1, -0.05) is 0 Å². The highest BCUT2D eigenvalue weighted by atomic mass is 32.1. The highest BCUT2D eigenvalue weighted by Crippen LogP contribution is 2.69. The van der Waals surface area contributed by atoms with Gasteiger partial charge in [-0.15, -0.1) is 11.3 Å². The fraction of sp³-hybridized carbons (Fsp3) is 0.667. The van der Waals surface area contributed by atoms with Crippen LogP contribution >= 0.6 is 11.3 Å². The minimum absolute atomic E-state index is 0.113. The van der Waals surface area contributed by atoms with Gasteiger partial charge in [0, 0.05) is 41.9 Å². The van der Waals surface area contributed by atoms with Gasteiger partial charge < -0.3 is 15.5 Å². The van der Waals surface area contributed by atoms with Gasteiger partial charge in [-0.05, 0) is 49.1 Å². The van der Waals surface area contributed by atoms with E-state index in [2.05, 4.69) is 22.1 Å². The number of halogens is 2. The molecule has 3 saturated carbocycles. The predicted octanol–water partition coefficient (Wildman–Crippen LogP) is 2.90. The number of hydrogen-bond donors (Lipinski definition) is 2. The Kier molecular flexibility index (Phi) is 4.41. The summed E-state index contributed by atoms with van der Waals surface area (Å²) in [4.78, 5) is 27.4. The number of nitrogens with one attached hydrogen (secondary N) is 2. The van der Waals surface area contributed by atoms with E-state index in [1.54, 1.807) is 11.3 Å². The summed E-state index contributed by atoms with van der Waals surface area (Å²) >= 11 is 1.75. The summed E-state index contributed by atoms with van der Waals surface area (Å²) in [6.45, 7) is 1.85. The maximum atomic E-state index is 12.8. The lowest BCUT2D eigenvalue weighted by Crippen LogP contribution is -2.77. The Morgan fingerprint density at radius 3 is 2.81 bits per heavy atom. The molecule has 0 saturated heterocycles. The molecule has 2 bridgehead atoms. The van der Waals surface area contributed by atoms with Crippen molar-refractivity contribution in [1.82, 2.24) is 15.5 Å². The average Bonchev–Trinajstić information content (AvgIpc) is 3.00. The molecule has 1 aromatic heterocycles. The van der Waals surface area contributed by atoms with Crippen LogP contribution in [0.3, 0.4) is 0 Å². The minimum atomic E-state index is -2.29. The number of rotatable bonds is 6. The largest absolute Gasteiger partial charge is 0.338 e. The Labute approximate surface area is 155 Å². The first kappa shape index (κ1) is 17.7. The molecule has 2 heterocycles. The molecule has 5 nitrogen and oxygen atoms in total. The van der Waals surface area contributed by atoms with Gasteiger partial charge in [0.15, 0.2) is 0 Å². The Bertz CT molecular complexity index is 701. The Balaban J connectivity index is 1.12. The number of urea groups is 1. The number of hydrogen-bond acceptors (Lipinski definition) is 3. The van der Waals surface area contributed by atoms with Crippen molar-refractivity contribution in [2.24, 2.45) is 5.41 Å². The number of amides is 3. The molecule has 0 spiro atoms. The summed E-state index contributed by atoms with van der Waals surface area (Å²) in [5.74, 6) is 0.113. The van der Waals surface area contributed by atoms with Gasteiger partial charge in [-0.2, -0.15) is 0 Å². The van der Waals surface area contributed by atoms with Gasteiger partial charge in [0.05, 0.1) is 0 Å². The second kappa shape index (κ2) is 6.48. The number of carbonyl (C=O) groups excluding carboxylic acids is 2. The van der Waals surface area contributed by atoms with E-state index < -0.39 is 17.4 Å². The summed E-state index contributed by atoms with van der Waals surface area (Å²) in [5, 5.41) is 7.62. The zero-order chi connectivity index (χ0) is 18.4. The number of carbonyl (C=O) groups is 2. The maximum absolute atomic E-state index is 12.8. The van der Waals surface area contributed by atoms with Gasteiger partial charge in [0.25, 0.3) is 0 Å². The van der Waals surface area contributed by atoms with Gasteiger partial charge in [-0.25, -0.2) is 13.6 Å². The highest BCUT2D eigenvalue weighted by molar-refractivity contribution is 7.10. The molecule has 5 rings (SSSR count). The van der Waals surface area contributed by atoms with E-state index in [9.17, 15) is 18.4 Å². The van der Waals surface area contributed by atoms with Crippen LogP contribution in [0.15, 0.2) is 11.4 Å². The van der Waals surface area contributed by atoms with Crippen molar-refractivity contribution in [1.29, 1.82) is 0 Å². The van der Waals surface area contributed by atoms with Gasteiger partial charge in [-0.3, -0.25) is 4.79 Å². The Morgan fingerprint density at radius 2 is 2.08 bits per heavy atom. The predicted molar refractivity (Wildman–Crippen MR) is 94.2 cm³/mol. The number of thiophene rings is 1. The monoisotopic (exact) mass is 383 g/mol. The van der Waals surface area contributed by atoms with E-state index in [0.717, 1.165) is 13.0 Å². The van der Waals surface area contributed by atoms with Crippen LogP contribution in [-0.4, -0.2) is 41.9 Å². The zero-order valence-corrected chi connectivity index (χ0v) is 15.3. The van der Waals surface area contributed by atoms with Crippen molar-refractivity contribution < 1.29 is 18.4 Å². The fourth-order valence-electron chi connectivity index (χ4n) is 4.58. The molecular weight excluding hydrogens is 360 g/mol. The summed E-state index contributed by atoms with van der Waals surface area (Å²) in [6, 6.07) is 1.76. The van der Waals surface area contributed by atoms with Gasteiger partial charge in [0.2, 0.25) is 12.3 Å². The normalized spacial score (nSPS) is 28.8. The first-order chi connectivity index (χ1) is 12.4. The molecule has 3 fully saturated rings. The van der Waals surface area contributed by atoms with E-state index in [-0.39, 0.29) is 11.9 Å². The van der Waals surface area contributed by atoms with Crippen LogP contribution in [0.2, 0.25) is 0 Å². The molecule has 1 aliphatic heterocycles. The third-order valence-corrected chi connectivity index (χ3v) is 6.95. The van der Waals surface area contributed by atoms with Crippen molar-refractivity contribution in [3.8, 4) is 0 Å². The Morgan fingerprint density at radius 1 is 1.31 bits per heavy atom. The van der Waals surface area contributed by atoms with E-state index in [4.69, 9.17) is 0 Å². The number of alkyl halides is 2. The van der Waals surface area contributed by atoms with Crippen molar-refractivity contribution in [2.75, 3.05) is 13.1 Å². The number of fused-ring (bicyclic) bond motifs is 1. The van der Waals surface area contributed by atoms with E-state index in [0.29, 0.717) is 45.2 Å². The smallest absolute Gasteiger partial charge is 0.315 e. The van der Waals surface area contributed by atoms with Gasteiger partial charge >= 0.3 is 6.03 Å². The summed E-state index contributed by atoms with van der Waals surface area (Å²) < 4.78 is 25.6. The lowest BCUT2D eigenvalue weighted by Gasteiger charge is -2.69. The van der Waals surface area contributed by atoms with Crippen LogP contribution in [0, 0.1) is 5.41 Å². The Hall–Kier alpha value is -1.70. The average molecular weight is 383 g/mol. The van der Waals surface area contributed by atoms with E-state index in [1.165, 1.54) is 10.4 Å². The molecule has 8 heteroatoms. The molecule has 0 atom stereocenters. The summed E-state index contributed by atoms with van der Waals surface area (Å²) in [6.07, 6.45) is 0.740. The number of nitrogens with zero attached hydrogens (tertiary/aromatic N) is 1. The molecule has 4 aliphatic rings. The first-order valence-electron chi connectivity index (χ1n) is 9.09. The third-order valence-electron chi connectivity index (χ3n) is 5.93. The third kappa shape index (κ3) is 3.08. The second-order valence-corrected chi connectivity index (χ2v) is 8.89. The molecule has 142 valence electrons. The molecule has 0 aromatic carbocycles. The topological polar surface area (TPSA) is 61.4 Å². The van der Waals surface area contributed by atoms with Crippen molar-refractivity contribution in [2.45, 2.75) is 57.0 Å². The SMILES string of the molecule is O=C(NCCCC(=O)N1CCc2sccc2C1)NC12CC(C(F)F)(C1)C2. The van der Waals surface area contributed by atoms with E-state index in [1.807, 2.05) is 4.90 Å². The molecule has 26 heavy (non-hydrogen) atoms. The van der Waals surface area contributed by atoms with Crippen LogP contribution in [0.5, 0.6) is 0 Å². The van der Waals surface area contributed by atoms with E-state index >= 15 is 0 Å². The quantitative estimate of drug-likeness (QED) is 0.742. The van der Waals surface area contributed by atoms with Crippen molar-refractivity contribution in [3.63, 3.8) is 0 Å². The maximum Gasteiger partial charge on any atom is 0.315 e. The minimum Gasteiger partial charge on any atom is -0.338 e. The lowest BCUT2D eigenvalue weighted by molar-refractivity contribution is -0.223. The standard InChI is InChI=1S/C18H23F2N3O2S/c19-15(20)17-9-18(10-17,11-17)22-16(25)21-5-1-2-14(24)23-6-3-13-12(8-23)4-7-26-13/h4,7,15H,1-3,5-6,8-11H2,(H2,21,22,25). The molecule has 0 unspecified atom stereocenters. The molecule has 3 amide bonds. The molecular formula is C18H23F2N3O2S. The van der Waals surface area contributed by atoms with Crippen LogP contribution < -0.4 is 10.6 Å². The zero-order valence-electron chi connectivity index (χ0n) is 14.5. The van der Waals surface area contributed by atoms with Crippen molar-refractivity contribution >= 4 is 23.3 Å². The molecule has 3 aliphatic carbocycles. The van der Waals surface area contributed by atoms with Crippen LogP contribution in [0.4, 0.5) is 13.6 Å². The first-order valence-corrected chi connectivity index (χ1v) is 9.97. The summed E-state index contributed by atoms with van der Waals surface area (Å²) in [5.41, 5.74) is -0.00835. The molecule has 2 N–H and O–H groups in total. The second-order valence-electron chi connectivity index (χ2n) is 7.89. The highest BCUT2D eigenvalue weighted by Gasteiger charge is 2.72. The molecule has 0 radical (unpaired) electrons. The fourth-order valence-corrected chi connectivity index (χ4v) is 5.47. The van der Waals surface area contributed by atoms with Crippen LogP contribution in [-0.2, 0) is 17.8 Å². The van der Waals surface area contributed by atoms with Crippen LogP contribution in [0.25, 0.3) is 0 Å².